The highest BCUT2D eigenvalue weighted by molar-refractivity contribution is 9.09. The summed E-state index contributed by atoms with van der Waals surface area (Å²) in [6.07, 6.45) is 2.23. The molecule has 0 unspecified atom stereocenters. The van der Waals surface area contributed by atoms with Crippen LogP contribution in [0.4, 0.5) is 0 Å². The quantitative estimate of drug-likeness (QED) is 0.720. The fraction of sp³-hybridized carbons (Fsp3) is 0.938. The van der Waals surface area contributed by atoms with E-state index in [9.17, 15) is 4.79 Å². The van der Waals surface area contributed by atoms with Crippen LogP contribution in [0.3, 0.4) is 0 Å². The Balaban J connectivity index is 1.79. The highest BCUT2D eigenvalue weighted by Gasteiger charge is 2.80. The topological polar surface area (TPSA) is 23.6 Å². The standard InChI is InChI=1S/C16H27BrN2O/c1-5-18-8-10-19(11-9-18)13(20)16-7-6-15(4,12(16)17)14(16,2)3/h12H,5-11H2,1-4H3/t12-,15+,16-/m0/s1. The molecule has 3 aliphatic carbocycles. The van der Waals surface area contributed by atoms with Gasteiger partial charge in [0, 0.05) is 31.0 Å². The third kappa shape index (κ3) is 1.48. The van der Waals surface area contributed by atoms with Crippen LogP contribution in [0, 0.1) is 16.2 Å². The van der Waals surface area contributed by atoms with Crippen molar-refractivity contribution in [2.45, 2.75) is 45.4 Å². The van der Waals surface area contributed by atoms with E-state index in [-0.39, 0.29) is 16.2 Å². The molecule has 0 spiro atoms. The molecule has 1 saturated heterocycles. The molecule has 1 aliphatic heterocycles. The largest absolute Gasteiger partial charge is 0.340 e. The zero-order valence-corrected chi connectivity index (χ0v) is 14.8. The molecule has 0 aromatic heterocycles. The fourth-order valence-electron chi connectivity index (χ4n) is 4.98. The maximum Gasteiger partial charge on any atom is 0.230 e. The van der Waals surface area contributed by atoms with Gasteiger partial charge in [-0.3, -0.25) is 4.79 Å². The van der Waals surface area contributed by atoms with Crippen molar-refractivity contribution in [3.63, 3.8) is 0 Å². The fourth-order valence-corrected chi connectivity index (χ4v) is 6.77. The van der Waals surface area contributed by atoms with Crippen LogP contribution in [-0.4, -0.2) is 53.3 Å². The van der Waals surface area contributed by atoms with Crippen LogP contribution >= 0.6 is 15.9 Å². The van der Waals surface area contributed by atoms with Crippen molar-refractivity contribution in [2.24, 2.45) is 16.2 Å². The van der Waals surface area contributed by atoms with Crippen molar-refractivity contribution < 1.29 is 4.79 Å². The lowest BCUT2D eigenvalue weighted by molar-refractivity contribution is -0.174. The molecule has 20 heavy (non-hydrogen) atoms. The second-order valence-corrected chi connectivity index (χ2v) is 8.52. The maximum atomic E-state index is 13.2. The molecule has 0 radical (unpaired) electrons. The van der Waals surface area contributed by atoms with Gasteiger partial charge in [-0.2, -0.15) is 0 Å². The normalized spacial score (nSPS) is 43.5. The molecule has 4 heteroatoms. The Morgan fingerprint density at radius 1 is 1.15 bits per heavy atom. The SMILES string of the molecule is CCN1CCN(C(=O)[C@]23CC[C@](C)([C@@H]2Br)C3(C)C)CC1. The Kier molecular flexibility index (Phi) is 3.30. The van der Waals surface area contributed by atoms with E-state index in [4.69, 9.17) is 0 Å². The molecule has 4 aliphatic rings. The number of rotatable bonds is 2. The molecule has 2 bridgehead atoms. The first kappa shape index (κ1) is 14.8. The average molecular weight is 343 g/mol. The predicted octanol–water partition coefficient (Wildman–Crippen LogP) is 2.74. The molecule has 1 heterocycles. The Morgan fingerprint density at radius 3 is 2.15 bits per heavy atom. The number of likely N-dealkylation sites (N-methyl/N-ethyl adjacent to an activating group) is 1. The number of carbonyl (C=O) groups excluding carboxylic acids is 1. The summed E-state index contributed by atoms with van der Waals surface area (Å²) in [4.78, 5) is 18.1. The molecule has 3 saturated carbocycles. The van der Waals surface area contributed by atoms with E-state index in [1.807, 2.05) is 0 Å². The second-order valence-electron chi connectivity index (χ2n) is 7.60. The van der Waals surface area contributed by atoms with Gasteiger partial charge in [-0.1, -0.05) is 43.6 Å². The third-order valence-corrected chi connectivity index (χ3v) is 8.85. The van der Waals surface area contributed by atoms with Crippen LogP contribution in [0.2, 0.25) is 0 Å². The number of hydrogen-bond donors (Lipinski definition) is 0. The number of carbonyl (C=O) groups is 1. The van der Waals surface area contributed by atoms with E-state index in [0.29, 0.717) is 10.7 Å². The van der Waals surface area contributed by atoms with Crippen molar-refractivity contribution in [2.75, 3.05) is 32.7 Å². The first-order valence-electron chi connectivity index (χ1n) is 7.97. The zero-order valence-electron chi connectivity index (χ0n) is 13.2. The van der Waals surface area contributed by atoms with Crippen molar-refractivity contribution >= 4 is 21.8 Å². The Morgan fingerprint density at radius 2 is 1.75 bits per heavy atom. The number of amides is 1. The van der Waals surface area contributed by atoms with Gasteiger partial charge in [0.2, 0.25) is 5.91 Å². The summed E-state index contributed by atoms with van der Waals surface area (Å²) in [5.41, 5.74) is 0.247. The molecule has 3 nitrogen and oxygen atoms in total. The van der Waals surface area contributed by atoms with Gasteiger partial charge in [0.15, 0.2) is 0 Å². The number of nitrogens with zero attached hydrogens (tertiary/aromatic N) is 2. The number of fused-ring (bicyclic) bond motifs is 1. The molecule has 0 aromatic rings. The summed E-state index contributed by atoms with van der Waals surface area (Å²) in [6.45, 7) is 14.1. The highest BCUT2D eigenvalue weighted by atomic mass is 79.9. The van der Waals surface area contributed by atoms with Gasteiger partial charge in [-0.15, -0.1) is 0 Å². The average Bonchev–Trinajstić information content (AvgIpc) is 2.86. The monoisotopic (exact) mass is 342 g/mol. The van der Waals surface area contributed by atoms with Gasteiger partial charge in [0.1, 0.15) is 0 Å². The van der Waals surface area contributed by atoms with E-state index in [0.717, 1.165) is 39.1 Å². The van der Waals surface area contributed by atoms with E-state index in [2.05, 4.69) is 53.4 Å². The minimum absolute atomic E-state index is 0.118. The summed E-state index contributed by atoms with van der Waals surface area (Å²) >= 11 is 3.88. The van der Waals surface area contributed by atoms with E-state index in [1.165, 1.54) is 6.42 Å². The number of alkyl halides is 1. The molecule has 4 fully saturated rings. The smallest absolute Gasteiger partial charge is 0.230 e. The first-order valence-corrected chi connectivity index (χ1v) is 8.88. The van der Waals surface area contributed by atoms with Crippen LogP contribution in [0.15, 0.2) is 0 Å². The van der Waals surface area contributed by atoms with E-state index >= 15 is 0 Å². The predicted molar refractivity (Wildman–Crippen MR) is 85.0 cm³/mol. The lowest BCUT2D eigenvalue weighted by Crippen LogP contribution is -2.70. The van der Waals surface area contributed by atoms with Crippen molar-refractivity contribution in [3.05, 3.63) is 0 Å². The minimum Gasteiger partial charge on any atom is -0.340 e. The van der Waals surface area contributed by atoms with Crippen LogP contribution in [0.5, 0.6) is 0 Å². The molecule has 3 atom stereocenters. The van der Waals surface area contributed by atoms with Crippen LogP contribution < -0.4 is 0 Å². The molecular weight excluding hydrogens is 316 g/mol. The Hall–Kier alpha value is -0.0900. The van der Waals surface area contributed by atoms with Gasteiger partial charge in [0.25, 0.3) is 0 Å². The molecule has 0 aromatic carbocycles. The van der Waals surface area contributed by atoms with Crippen molar-refractivity contribution in [1.29, 1.82) is 0 Å². The minimum atomic E-state index is -0.157. The van der Waals surface area contributed by atoms with Gasteiger partial charge in [0.05, 0.1) is 5.41 Å². The van der Waals surface area contributed by atoms with Gasteiger partial charge < -0.3 is 9.80 Å². The van der Waals surface area contributed by atoms with Gasteiger partial charge in [-0.05, 0) is 30.2 Å². The van der Waals surface area contributed by atoms with Crippen LogP contribution in [0.25, 0.3) is 0 Å². The van der Waals surface area contributed by atoms with Crippen LogP contribution in [-0.2, 0) is 4.79 Å². The number of hydrogen-bond acceptors (Lipinski definition) is 2. The summed E-state index contributed by atoms with van der Waals surface area (Å²) in [7, 11) is 0. The summed E-state index contributed by atoms with van der Waals surface area (Å²) in [6, 6.07) is 0. The van der Waals surface area contributed by atoms with Crippen molar-refractivity contribution in [1.82, 2.24) is 9.80 Å². The third-order valence-electron chi connectivity index (χ3n) is 7.06. The Labute approximate surface area is 131 Å². The van der Waals surface area contributed by atoms with E-state index in [1.54, 1.807) is 0 Å². The maximum absolute atomic E-state index is 13.2. The molecule has 0 N–H and O–H groups in total. The van der Waals surface area contributed by atoms with E-state index < -0.39 is 0 Å². The Bertz CT molecular complexity index is 430. The summed E-state index contributed by atoms with van der Waals surface area (Å²) < 4.78 is 0. The van der Waals surface area contributed by atoms with Crippen LogP contribution in [0.1, 0.15) is 40.5 Å². The molecule has 1 amide bonds. The molecule has 4 rings (SSSR count). The first-order chi connectivity index (χ1) is 9.31. The lowest BCUT2D eigenvalue weighted by Gasteiger charge is -2.65. The van der Waals surface area contributed by atoms with Gasteiger partial charge in [-0.25, -0.2) is 0 Å². The number of piperazine rings is 1. The van der Waals surface area contributed by atoms with Gasteiger partial charge >= 0.3 is 0 Å². The number of halogens is 1. The molecular formula is C16H27BrN2O. The highest BCUT2D eigenvalue weighted by Crippen LogP contribution is 2.80. The second kappa shape index (κ2) is 4.45. The van der Waals surface area contributed by atoms with Crippen molar-refractivity contribution in [3.8, 4) is 0 Å². The lowest BCUT2D eigenvalue weighted by atomic mass is 9.43. The summed E-state index contributed by atoms with van der Waals surface area (Å²) in [5.74, 6) is 0.412. The zero-order chi connectivity index (χ0) is 14.8. The summed E-state index contributed by atoms with van der Waals surface area (Å²) in [5, 5.41) is 0. The molecule has 114 valence electrons.